The van der Waals surface area contributed by atoms with Gasteiger partial charge >= 0.3 is 5.97 Å². The lowest BCUT2D eigenvalue weighted by Gasteiger charge is -2.60. The van der Waals surface area contributed by atoms with Crippen LogP contribution >= 0.6 is 0 Å². The van der Waals surface area contributed by atoms with Gasteiger partial charge in [-0.3, -0.25) is 9.59 Å². The first-order valence-electron chi connectivity index (χ1n) is 13.5. The Kier molecular flexibility index (Phi) is 6.28. The molecule has 0 aromatic rings. The van der Waals surface area contributed by atoms with Crippen molar-refractivity contribution in [3.05, 3.63) is 22.8 Å². The van der Waals surface area contributed by atoms with Gasteiger partial charge in [-0.2, -0.15) is 0 Å². The number of aliphatic hydroxyl groups excluding tert-OH is 1. The summed E-state index contributed by atoms with van der Waals surface area (Å²) in [6, 6.07) is 0. The molecule has 4 heteroatoms. The van der Waals surface area contributed by atoms with Crippen LogP contribution in [0.25, 0.3) is 0 Å². The number of aliphatic hydroxyl groups is 1. The molecule has 4 aliphatic rings. The molecule has 4 nitrogen and oxygen atoms in total. The molecule has 0 amide bonds. The van der Waals surface area contributed by atoms with Gasteiger partial charge in [0, 0.05) is 17.8 Å². The number of hydrogen-bond donors (Lipinski definition) is 2. The van der Waals surface area contributed by atoms with Crippen molar-refractivity contribution in [2.75, 3.05) is 0 Å². The van der Waals surface area contributed by atoms with Crippen LogP contribution in [0.4, 0.5) is 0 Å². The quantitative estimate of drug-likeness (QED) is 0.437. The molecule has 0 aromatic heterocycles. The normalized spacial score (nSPS) is 41.9. The summed E-state index contributed by atoms with van der Waals surface area (Å²) in [5.74, 6) is -0.754. The molecule has 7 atom stereocenters. The molecular weight excluding hydrogens is 424 g/mol. The summed E-state index contributed by atoms with van der Waals surface area (Å²) < 4.78 is 0. The van der Waals surface area contributed by atoms with Gasteiger partial charge in [0.05, 0.1) is 12.0 Å². The number of fused-ring (bicyclic) bond motifs is 4. The van der Waals surface area contributed by atoms with Crippen LogP contribution in [0.2, 0.25) is 0 Å². The molecule has 0 bridgehead atoms. The second-order valence-corrected chi connectivity index (χ2v) is 13.5. The Hall–Kier alpha value is -1.42. The van der Waals surface area contributed by atoms with Crippen molar-refractivity contribution in [2.24, 2.45) is 39.4 Å². The second kappa shape index (κ2) is 8.32. The third-order valence-corrected chi connectivity index (χ3v) is 11.3. The fourth-order valence-electron chi connectivity index (χ4n) is 9.32. The third kappa shape index (κ3) is 3.49. The predicted octanol–water partition coefficient (Wildman–Crippen LogP) is 6.72. The van der Waals surface area contributed by atoms with E-state index in [4.69, 9.17) is 0 Å². The Morgan fingerprint density at radius 1 is 1.06 bits per heavy atom. The average Bonchev–Trinajstić information content (AvgIpc) is 2.94. The van der Waals surface area contributed by atoms with E-state index >= 15 is 0 Å². The van der Waals surface area contributed by atoms with Crippen LogP contribution in [0.15, 0.2) is 22.8 Å². The fraction of sp³-hybridized carbons (Fsp3) is 0.800. The highest BCUT2D eigenvalue weighted by Crippen LogP contribution is 2.72. The molecule has 0 aliphatic heterocycles. The number of allylic oxidation sites excluding steroid dienone is 4. The zero-order valence-corrected chi connectivity index (χ0v) is 22.5. The topological polar surface area (TPSA) is 74.6 Å². The summed E-state index contributed by atoms with van der Waals surface area (Å²) in [5.41, 5.74) is 3.59. The Labute approximate surface area is 206 Å². The zero-order chi connectivity index (χ0) is 25.3. The Bertz CT molecular complexity index is 937. The van der Waals surface area contributed by atoms with Crippen LogP contribution in [0, 0.1) is 39.4 Å². The highest BCUT2D eigenvalue weighted by Gasteiger charge is 2.66. The Morgan fingerprint density at radius 3 is 2.35 bits per heavy atom. The van der Waals surface area contributed by atoms with Crippen LogP contribution in [0.3, 0.4) is 0 Å². The van der Waals surface area contributed by atoms with Crippen molar-refractivity contribution in [3.8, 4) is 0 Å². The maximum atomic E-state index is 12.8. The summed E-state index contributed by atoms with van der Waals surface area (Å²) in [6.45, 7) is 15.4. The van der Waals surface area contributed by atoms with Crippen molar-refractivity contribution >= 4 is 11.8 Å². The largest absolute Gasteiger partial charge is 0.481 e. The second-order valence-electron chi connectivity index (χ2n) is 13.5. The molecule has 4 rings (SSSR count). The highest BCUT2D eigenvalue weighted by atomic mass is 16.4. The van der Waals surface area contributed by atoms with Crippen molar-refractivity contribution in [1.82, 2.24) is 0 Å². The Morgan fingerprint density at radius 2 is 1.74 bits per heavy atom. The molecular formula is C30H46O4. The lowest BCUT2D eigenvalue weighted by molar-refractivity contribution is -0.149. The summed E-state index contributed by atoms with van der Waals surface area (Å²) in [4.78, 5) is 25.3. The molecule has 0 heterocycles. The van der Waals surface area contributed by atoms with Crippen molar-refractivity contribution in [2.45, 2.75) is 112 Å². The van der Waals surface area contributed by atoms with Crippen molar-refractivity contribution in [1.29, 1.82) is 0 Å². The van der Waals surface area contributed by atoms with Gasteiger partial charge in [-0.05, 0) is 87.4 Å². The molecule has 0 saturated heterocycles. The van der Waals surface area contributed by atoms with Crippen LogP contribution < -0.4 is 0 Å². The molecule has 190 valence electrons. The van der Waals surface area contributed by atoms with E-state index in [1.54, 1.807) is 5.57 Å². The third-order valence-electron chi connectivity index (χ3n) is 11.3. The number of carboxylic acid groups (broad SMARTS) is 1. The van der Waals surface area contributed by atoms with Gasteiger partial charge in [-0.1, -0.05) is 57.4 Å². The molecule has 0 unspecified atom stereocenters. The van der Waals surface area contributed by atoms with Gasteiger partial charge < -0.3 is 10.2 Å². The van der Waals surface area contributed by atoms with E-state index < -0.39 is 18.0 Å². The van der Waals surface area contributed by atoms with E-state index in [9.17, 15) is 19.8 Å². The maximum absolute atomic E-state index is 12.8. The summed E-state index contributed by atoms with van der Waals surface area (Å²) >= 11 is 0. The van der Waals surface area contributed by atoms with E-state index in [1.165, 1.54) is 11.1 Å². The molecule has 2 N–H and O–H groups in total. The smallest absolute Gasteiger partial charge is 0.306 e. The molecule has 4 aliphatic carbocycles. The summed E-state index contributed by atoms with van der Waals surface area (Å²) in [6.07, 6.45) is 8.98. The minimum atomic E-state index is -0.764. The number of carboxylic acids is 1. The van der Waals surface area contributed by atoms with Gasteiger partial charge in [0.2, 0.25) is 0 Å². The lowest BCUT2D eigenvalue weighted by atomic mass is 9.43. The number of carbonyl (C=O) groups excluding carboxylic acids is 1. The van der Waals surface area contributed by atoms with E-state index in [-0.39, 0.29) is 27.6 Å². The predicted molar refractivity (Wildman–Crippen MR) is 135 cm³/mol. The standard InChI is InChI=1S/C30H46O4/c1-18(2)9-8-10-19(26(33)34)25-22(31)17-30(7)21-11-12-23-27(3,4)24(32)14-15-28(23,5)20(21)13-16-29(25,30)6/h9,19,22-23,25,31H,8,10-17H2,1-7H3,(H,33,34)/t19-,22-,23+,25+,28-,29-,30+/m1/s1. The fourth-order valence-corrected chi connectivity index (χ4v) is 9.32. The van der Waals surface area contributed by atoms with E-state index in [1.807, 2.05) is 13.8 Å². The molecule has 2 fully saturated rings. The number of ketones is 1. The average molecular weight is 471 g/mol. The zero-order valence-electron chi connectivity index (χ0n) is 22.5. The summed E-state index contributed by atoms with van der Waals surface area (Å²) in [7, 11) is 0. The minimum Gasteiger partial charge on any atom is -0.481 e. The molecule has 34 heavy (non-hydrogen) atoms. The molecule has 2 saturated carbocycles. The number of Topliss-reactive ketones (excluding diaryl/α,β-unsaturated/α-hetero) is 1. The van der Waals surface area contributed by atoms with Crippen LogP contribution in [0.1, 0.15) is 106 Å². The first-order chi connectivity index (χ1) is 15.7. The number of aliphatic carboxylic acids is 1. The summed E-state index contributed by atoms with van der Waals surface area (Å²) in [5, 5.41) is 21.7. The molecule has 0 spiro atoms. The van der Waals surface area contributed by atoms with Gasteiger partial charge in [-0.25, -0.2) is 0 Å². The van der Waals surface area contributed by atoms with Gasteiger partial charge in [0.1, 0.15) is 5.78 Å². The van der Waals surface area contributed by atoms with Gasteiger partial charge in [0.15, 0.2) is 0 Å². The lowest BCUT2D eigenvalue weighted by Crippen LogP contribution is -2.54. The van der Waals surface area contributed by atoms with Crippen LogP contribution in [-0.4, -0.2) is 28.1 Å². The molecule has 0 radical (unpaired) electrons. The SMILES string of the molecule is CC(C)=CCC[C@@H](C(=O)O)[C@H]1[C@H](O)C[C@@]2(C)C3=C(CC[C@]12C)[C@@]1(C)CCC(=O)C(C)(C)[C@@H]1CC3. The number of hydrogen-bond acceptors (Lipinski definition) is 3. The monoisotopic (exact) mass is 470 g/mol. The van der Waals surface area contributed by atoms with Gasteiger partial charge in [0.25, 0.3) is 0 Å². The maximum Gasteiger partial charge on any atom is 0.306 e. The van der Waals surface area contributed by atoms with E-state index in [0.29, 0.717) is 31.0 Å². The Balaban J connectivity index is 1.74. The number of carbonyl (C=O) groups is 2. The van der Waals surface area contributed by atoms with E-state index in [0.717, 1.165) is 38.5 Å². The van der Waals surface area contributed by atoms with Crippen LogP contribution in [-0.2, 0) is 9.59 Å². The van der Waals surface area contributed by atoms with Crippen molar-refractivity contribution < 1.29 is 19.8 Å². The minimum absolute atomic E-state index is 0.0357. The first kappa shape index (κ1) is 25.7. The van der Waals surface area contributed by atoms with E-state index in [2.05, 4.69) is 40.7 Å². The van der Waals surface area contributed by atoms with Crippen molar-refractivity contribution in [3.63, 3.8) is 0 Å². The first-order valence-corrected chi connectivity index (χ1v) is 13.5. The van der Waals surface area contributed by atoms with Gasteiger partial charge in [-0.15, -0.1) is 0 Å². The molecule has 0 aromatic carbocycles. The number of rotatable bonds is 5. The highest BCUT2D eigenvalue weighted by molar-refractivity contribution is 5.85. The van der Waals surface area contributed by atoms with Crippen LogP contribution in [0.5, 0.6) is 0 Å².